The van der Waals surface area contributed by atoms with Crippen molar-refractivity contribution in [1.29, 1.82) is 0 Å². The summed E-state index contributed by atoms with van der Waals surface area (Å²) in [7, 11) is 0. The van der Waals surface area contributed by atoms with E-state index in [1.165, 1.54) is 0 Å². The summed E-state index contributed by atoms with van der Waals surface area (Å²) in [6.07, 6.45) is 1.48. The predicted octanol–water partition coefficient (Wildman–Crippen LogP) is 3.31. The number of nitrogens with zero attached hydrogens (tertiary/aromatic N) is 1. The van der Waals surface area contributed by atoms with Crippen LogP contribution in [0.25, 0.3) is 0 Å². The maximum atomic E-state index is 12.5. The van der Waals surface area contributed by atoms with E-state index in [1.54, 1.807) is 11.0 Å². The molecule has 4 heteroatoms. The number of amides is 1. The highest BCUT2D eigenvalue weighted by Gasteiger charge is 2.35. The Morgan fingerprint density at radius 3 is 2.68 bits per heavy atom. The first kappa shape index (κ1) is 14.1. The molecular weight excluding hydrogens is 262 g/mol. The first-order chi connectivity index (χ1) is 9.02. The van der Waals surface area contributed by atoms with Gasteiger partial charge in [0.1, 0.15) is 5.78 Å². The molecule has 2 rings (SSSR count). The number of carbonyl (C=O) groups excluding carboxylic acids is 2. The predicted molar refractivity (Wildman–Crippen MR) is 76.4 cm³/mol. The molecule has 1 amide bonds. The lowest BCUT2D eigenvalue weighted by molar-refractivity contribution is -0.135. The van der Waals surface area contributed by atoms with Crippen LogP contribution in [0.15, 0.2) is 24.3 Å². The monoisotopic (exact) mass is 279 g/mol. The molecule has 0 radical (unpaired) electrons. The second-order valence-electron chi connectivity index (χ2n) is 5.19. The third-order valence-electron chi connectivity index (χ3n) is 3.49. The molecular formula is C15H18ClNO2. The van der Waals surface area contributed by atoms with Gasteiger partial charge >= 0.3 is 0 Å². The lowest BCUT2D eigenvalue weighted by Gasteiger charge is -2.32. The van der Waals surface area contributed by atoms with Crippen LogP contribution in [0.4, 0.5) is 5.69 Å². The molecule has 1 fully saturated rings. The first-order valence-electron chi connectivity index (χ1n) is 6.62. The molecule has 1 heterocycles. The summed E-state index contributed by atoms with van der Waals surface area (Å²) in [6.45, 7) is 4.30. The summed E-state index contributed by atoms with van der Waals surface area (Å²) in [4.78, 5) is 26.2. The van der Waals surface area contributed by atoms with E-state index in [2.05, 4.69) is 0 Å². The van der Waals surface area contributed by atoms with E-state index in [0.717, 1.165) is 6.42 Å². The van der Waals surface area contributed by atoms with Gasteiger partial charge in [-0.05, 0) is 25.0 Å². The number of Topliss-reactive ketones (excluding diaryl/α,β-unsaturated/α-hetero) is 1. The third kappa shape index (κ3) is 2.81. The van der Waals surface area contributed by atoms with Crippen LogP contribution < -0.4 is 4.90 Å². The second-order valence-corrected chi connectivity index (χ2v) is 5.60. The molecule has 1 aromatic carbocycles. The minimum Gasteiger partial charge on any atom is -0.310 e. The zero-order valence-corrected chi connectivity index (χ0v) is 12.0. The maximum absolute atomic E-state index is 12.5. The molecule has 19 heavy (non-hydrogen) atoms. The van der Waals surface area contributed by atoms with Gasteiger partial charge in [-0.15, -0.1) is 0 Å². The SMILES string of the molecule is CC(C)C(=O)C1CCCN(c2ccccc2Cl)C1=O. The number of anilines is 1. The van der Waals surface area contributed by atoms with Crippen molar-refractivity contribution in [2.75, 3.05) is 11.4 Å². The van der Waals surface area contributed by atoms with E-state index in [0.29, 0.717) is 23.7 Å². The van der Waals surface area contributed by atoms with E-state index in [4.69, 9.17) is 11.6 Å². The van der Waals surface area contributed by atoms with Gasteiger partial charge in [0.25, 0.3) is 0 Å². The van der Waals surface area contributed by atoms with Crippen molar-refractivity contribution >= 4 is 29.0 Å². The van der Waals surface area contributed by atoms with Crippen molar-refractivity contribution in [3.63, 3.8) is 0 Å². The lowest BCUT2D eigenvalue weighted by Crippen LogP contribution is -2.45. The fourth-order valence-corrected chi connectivity index (χ4v) is 2.69. The molecule has 1 unspecified atom stereocenters. The maximum Gasteiger partial charge on any atom is 0.237 e. The van der Waals surface area contributed by atoms with Crippen LogP contribution in [-0.2, 0) is 9.59 Å². The van der Waals surface area contributed by atoms with Crippen molar-refractivity contribution < 1.29 is 9.59 Å². The number of benzene rings is 1. The minimum absolute atomic E-state index is 0.0294. The van der Waals surface area contributed by atoms with E-state index in [1.807, 2.05) is 32.0 Å². The summed E-state index contributed by atoms with van der Waals surface area (Å²) in [6, 6.07) is 7.26. The third-order valence-corrected chi connectivity index (χ3v) is 3.81. The molecule has 1 aliphatic rings. The number of piperidine rings is 1. The number of halogens is 1. The highest BCUT2D eigenvalue weighted by atomic mass is 35.5. The van der Waals surface area contributed by atoms with Crippen molar-refractivity contribution in [1.82, 2.24) is 0 Å². The Kier molecular flexibility index (Phi) is 4.25. The first-order valence-corrected chi connectivity index (χ1v) is 6.99. The lowest BCUT2D eigenvalue weighted by atomic mass is 9.87. The van der Waals surface area contributed by atoms with Crippen LogP contribution in [-0.4, -0.2) is 18.2 Å². The van der Waals surface area contributed by atoms with E-state index in [9.17, 15) is 9.59 Å². The summed E-state index contributed by atoms with van der Waals surface area (Å²) < 4.78 is 0. The van der Waals surface area contributed by atoms with Crippen LogP contribution in [0.1, 0.15) is 26.7 Å². The van der Waals surface area contributed by atoms with Crippen LogP contribution in [0.2, 0.25) is 5.02 Å². The zero-order chi connectivity index (χ0) is 14.0. The molecule has 0 bridgehead atoms. The molecule has 1 saturated heterocycles. The molecule has 1 atom stereocenters. The van der Waals surface area contributed by atoms with Crippen molar-refractivity contribution in [2.24, 2.45) is 11.8 Å². The molecule has 0 saturated carbocycles. The standard InChI is InChI=1S/C15H18ClNO2/c1-10(2)14(18)11-6-5-9-17(15(11)19)13-8-4-3-7-12(13)16/h3-4,7-8,10-11H,5-6,9H2,1-2H3. The number of hydrogen-bond acceptors (Lipinski definition) is 2. The number of ketones is 1. The smallest absolute Gasteiger partial charge is 0.237 e. The Hall–Kier alpha value is -1.35. The Bertz CT molecular complexity index is 499. The molecule has 0 spiro atoms. The van der Waals surface area contributed by atoms with Crippen LogP contribution in [0.5, 0.6) is 0 Å². The van der Waals surface area contributed by atoms with Crippen LogP contribution in [0.3, 0.4) is 0 Å². The fraction of sp³-hybridized carbons (Fsp3) is 0.467. The van der Waals surface area contributed by atoms with Gasteiger partial charge in [0.15, 0.2) is 0 Å². The van der Waals surface area contributed by atoms with E-state index in [-0.39, 0.29) is 17.6 Å². The summed E-state index contributed by atoms with van der Waals surface area (Å²) in [5, 5.41) is 0.550. The molecule has 0 aromatic heterocycles. The molecule has 0 aliphatic carbocycles. The Morgan fingerprint density at radius 1 is 1.37 bits per heavy atom. The topological polar surface area (TPSA) is 37.4 Å². The Morgan fingerprint density at radius 2 is 2.05 bits per heavy atom. The van der Waals surface area contributed by atoms with Gasteiger partial charge in [0.05, 0.1) is 16.6 Å². The van der Waals surface area contributed by atoms with Crippen LogP contribution in [0, 0.1) is 11.8 Å². The number of hydrogen-bond donors (Lipinski definition) is 0. The number of carbonyl (C=O) groups is 2. The van der Waals surface area contributed by atoms with Gasteiger partial charge in [0.2, 0.25) is 5.91 Å². The van der Waals surface area contributed by atoms with Crippen molar-refractivity contribution in [3.8, 4) is 0 Å². The molecule has 1 aromatic rings. The number of para-hydroxylation sites is 1. The quantitative estimate of drug-likeness (QED) is 0.796. The fourth-order valence-electron chi connectivity index (χ4n) is 2.45. The summed E-state index contributed by atoms with van der Waals surface area (Å²) >= 11 is 6.13. The Balaban J connectivity index is 2.26. The molecule has 3 nitrogen and oxygen atoms in total. The molecule has 0 N–H and O–H groups in total. The zero-order valence-electron chi connectivity index (χ0n) is 11.2. The minimum atomic E-state index is -0.509. The van der Waals surface area contributed by atoms with E-state index < -0.39 is 5.92 Å². The average molecular weight is 280 g/mol. The number of rotatable bonds is 3. The van der Waals surface area contributed by atoms with Gasteiger partial charge in [-0.25, -0.2) is 0 Å². The average Bonchev–Trinajstić information content (AvgIpc) is 2.39. The molecule has 102 valence electrons. The van der Waals surface area contributed by atoms with Gasteiger partial charge < -0.3 is 4.90 Å². The van der Waals surface area contributed by atoms with E-state index >= 15 is 0 Å². The van der Waals surface area contributed by atoms with Gasteiger partial charge in [0, 0.05) is 12.5 Å². The highest BCUT2D eigenvalue weighted by Crippen LogP contribution is 2.31. The van der Waals surface area contributed by atoms with Crippen molar-refractivity contribution in [3.05, 3.63) is 29.3 Å². The highest BCUT2D eigenvalue weighted by molar-refractivity contribution is 6.34. The van der Waals surface area contributed by atoms with Crippen LogP contribution >= 0.6 is 11.6 Å². The summed E-state index contributed by atoms with van der Waals surface area (Å²) in [5.41, 5.74) is 0.704. The largest absolute Gasteiger partial charge is 0.310 e. The normalized spacial score (nSPS) is 19.9. The Labute approximate surface area is 118 Å². The summed E-state index contributed by atoms with van der Waals surface area (Å²) in [5.74, 6) is -0.704. The van der Waals surface area contributed by atoms with Gasteiger partial charge in [-0.1, -0.05) is 37.6 Å². The van der Waals surface area contributed by atoms with Crippen molar-refractivity contribution in [2.45, 2.75) is 26.7 Å². The van der Waals surface area contributed by atoms with Gasteiger partial charge in [-0.2, -0.15) is 0 Å². The van der Waals surface area contributed by atoms with Gasteiger partial charge in [-0.3, -0.25) is 9.59 Å². The second kappa shape index (κ2) is 5.74. The molecule has 1 aliphatic heterocycles.